The topological polar surface area (TPSA) is 79.0 Å². The quantitative estimate of drug-likeness (QED) is 0.784. The Kier molecular flexibility index (Phi) is 6.80. The lowest BCUT2D eigenvalue weighted by molar-refractivity contribution is -0.126. The molecular formula is C17H27N3O4S. The Morgan fingerprint density at radius 3 is 2.84 bits per heavy atom. The number of ether oxygens (including phenoxy) is 1. The number of carbonyl (C=O) groups excluding carboxylic acids is 1. The van der Waals surface area contributed by atoms with Gasteiger partial charge in [0.15, 0.2) is 0 Å². The minimum atomic E-state index is -3.48. The van der Waals surface area contributed by atoms with Gasteiger partial charge in [0.1, 0.15) is 5.75 Å². The minimum absolute atomic E-state index is 0.111. The molecule has 7 nitrogen and oxygen atoms in total. The highest BCUT2D eigenvalue weighted by Gasteiger charge is 2.33. The van der Waals surface area contributed by atoms with Crippen LogP contribution in [0, 0.1) is 5.92 Å². The van der Waals surface area contributed by atoms with Gasteiger partial charge >= 0.3 is 0 Å². The van der Waals surface area contributed by atoms with Crippen LogP contribution in [0.15, 0.2) is 24.3 Å². The van der Waals surface area contributed by atoms with Crippen molar-refractivity contribution in [2.45, 2.75) is 26.3 Å². The van der Waals surface area contributed by atoms with Gasteiger partial charge in [-0.25, -0.2) is 0 Å². The molecule has 0 aliphatic carbocycles. The molecule has 25 heavy (non-hydrogen) atoms. The van der Waals surface area contributed by atoms with Gasteiger partial charge in [0.2, 0.25) is 5.91 Å². The Morgan fingerprint density at radius 2 is 2.16 bits per heavy atom. The van der Waals surface area contributed by atoms with E-state index in [4.69, 9.17) is 4.74 Å². The average Bonchev–Trinajstić information content (AvgIpc) is 2.60. The predicted molar refractivity (Wildman–Crippen MR) is 96.4 cm³/mol. The smallest absolute Gasteiger partial charge is 0.281 e. The second kappa shape index (κ2) is 8.64. The summed E-state index contributed by atoms with van der Waals surface area (Å²) in [6, 6.07) is 7.58. The number of hydrogen-bond acceptors (Lipinski definition) is 4. The largest absolute Gasteiger partial charge is 0.494 e. The molecule has 1 N–H and O–H groups in total. The normalized spacial score (nSPS) is 19.0. The van der Waals surface area contributed by atoms with E-state index >= 15 is 0 Å². The van der Waals surface area contributed by atoms with Crippen molar-refractivity contribution in [1.29, 1.82) is 0 Å². The molecule has 0 aromatic heterocycles. The molecule has 140 valence electrons. The molecule has 1 heterocycles. The van der Waals surface area contributed by atoms with Crippen molar-refractivity contribution in [2.75, 3.05) is 33.8 Å². The summed E-state index contributed by atoms with van der Waals surface area (Å²) in [5, 5.41) is 2.91. The number of carbonyl (C=O) groups is 1. The molecule has 1 amide bonds. The highest BCUT2D eigenvalue weighted by molar-refractivity contribution is 7.86. The third-order valence-electron chi connectivity index (χ3n) is 4.22. The fourth-order valence-electron chi connectivity index (χ4n) is 2.84. The van der Waals surface area contributed by atoms with Gasteiger partial charge in [-0.15, -0.1) is 0 Å². The third kappa shape index (κ3) is 5.17. The Balaban J connectivity index is 1.93. The molecule has 1 aliphatic heterocycles. The van der Waals surface area contributed by atoms with E-state index in [0.29, 0.717) is 32.5 Å². The first-order chi connectivity index (χ1) is 11.8. The second-order valence-corrected chi connectivity index (χ2v) is 8.43. The summed E-state index contributed by atoms with van der Waals surface area (Å²) < 4.78 is 32.5. The molecule has 1 aromatic carbocycles. The van der Waals surface area contributed by atoms with Crippen LogP contribution in [0.3, 0.4) is 0 Å². The lowest BCUT2D eigenvalue weighted by Gasteiger charge is -2.32. The molecule has 1 saturated heterocycles. The average molecular weight is 369 g/mol. The standard InChI is InChI=1S/C17H27N3O4S/c1-4-24-16-9-5-7-14(11-16)12-18-17(21)15-8-6-10-20(13-15)25(22,23)19(2)3/h5,7,9,11,15H,4,6,8,10,12-13H2,1-3H3,(H,18,21)/t15-/m0/s1. The Hall–Kier alpha value is -1.64. The van der Waals surface area contributed by atoms with Crippen LogP contribution in [0.25, 0.3) is 0 Å². The first-order valence-corrected chi connectivity index (χ1v) is 9.91. The predicted octanol–water partition coefficient (Wildman–Crippen LogP) is 1.22. The number of benzene rings is 1. The highest BCUT2D eigenvalue weighted by Crippen LogP contribution is 2.21. The van der Waals surface area contributed by atoms with Crippen LogP contribution in [0.5, 0.6) is 5.75 Å². The molecule has 0 radical (unpaired) electrons. The van der Waals surface area contributed by atoms with Gasteiger partial charge < -0.3 is 10.1 Å². The van der Waals surface area contributed by atoms with Gasteiger partial charge in [-0.1, -0.05) is 12.1 Å². The summed E-state index contributed by atoms with van der Waals surface area (Å²) >= 11 is 0. The van der Waals surface area contributed by atoms with E-state index < -0.39 is 10.2 Å². The van der Waals surface area contributed by atoms with Crippen molar-refractivity contribution in [2.24, 2.45) is 5.92 Å². The van der Waals surface area contributed by atoms with E-state index in [1.54, 1.807) is 0 Å². The Bertz CT molecular complexity index is 691. The monoisotopic (exact) mass is 369 g/mol. The summed E-state index contributed by atoms with van der Waals surface area (Å²) in [6.07, 6.45) is 1.38. The van der Waals surface area contributed by atoms with E-state index in [2.05, 4.69) is 5.32 Å². The maximum atomic E-state index is 12.4. The fourth-order valence-corrected chi connectivity index (χ4v) is 4.03. The molecule has 1 fully saturated rings. The number of nitrogens with zero attached hydrogens (tertiary/aromatic N) is 2. The number of nitrogens with one attached hydrogen (secondary N) is 1. The first-order valence-electron chi connectivity index (χ1n) is 8.51. The van der Waals surface area contributed by atoms with Crippen molar-refractivity contribution < 1.29 is 17.9 Å². The molecular weight excluding hydrogens is 342 g/mol. The Morgan fingerprint density at radius 1 is 1.40 bits per heavy atom. The molecule has 8 heteroatoms. The summed E-state index contributed by atoms with van der Waals surface area (Å²) in [7, 11) is -0.467. The lowest BCUT2D eigenvalue weighted by Crippen LogP contribution is -2.48. The van der Waals surface area contributed by atoms with Gasteiger partial charge in [-0.05, 0) is 37.5 Å². The van der Waals surface area contributed by atoms with Crippen LogP contribution in [0.2, 0.25) is 0 Å². The Labute approximate surface area is 150 Å². The van der Waals surface area contributed by atoms with E-state index in [9.17, 15) is 13.2 Å². The van der Waals surface area contributed by atoms with Crippen LogP contribution in [0.4, 0.5) is 0 Å². The van der Waals surface area contributed by atoms with Crippen LogP contribution >= 0.6 is 0 Å². The van der Waals surface area contributed by atoms with Gasteiger partial charge in [-0.2, -0.15) is 17.0 Å². The summed E-state index contributed by atoms with van der Waals surface area (Å²) in [4.78, 5) is 12.4. The van der Waals surface area contributed by atoms with Gasteiger partial charge in [-0.3, -0.25) is 4.79 Å². The first kappa shape index (κ1) is 19.7. The zero-order valence-corrected chi connectivity index (χ0v) is 15.9. The number of piperidine rings is 1. The fraction of sp³-hybridized carbons (Fsp3) is 0.588. The van der Waals surface area contributed by atoms with E-state index in [1.165, 1.54) is 22.7 Å². The van der Waals surface area contributed by atoms with E-state index in [-0.39, 0.29) is 18.4 Å². The molecule has 0 bridgehead atoms. The van der Waals surface area contributed by atoms with Crippen molar-refractivity contribution >= 4 is 16.1 Å². The summed E-state index contributed by atoms with van der Waals surface area (Å²) in [5.74, 6) is 0.342. The number of rotatable bonds is 7. The third-order valence-corrected chi connectivity index (χ3v) is 6.13. The second-order valence-electron chi connectivity index (χ2n) is 6.29. The highest BCUT2D eigenvalue weighted by atomic mass is 32.2. The molecule has 2 rings (SSSR count). The zero-order valence-electron chi connectivity index (χ0n) is 15.1. The maximum Gasteiger partial charge on any atom is 0.281 e. The van der Waals surface area contributed by atoms with Crippen LogP contribution < -0.4 is 10.1 Å². The van der Waals surface area contributed by atoms with Crippen molar-refractivity contribution in [3.63, 3.8) is 0 Å². The van der Waals surface area contributed by atoms with Crippen molar-refractivity contribution in [3.05, 3.63) is 29.8 Å². The van der Waals surface area contributed by atoms with Crippen LogP contribution in [-0.2, 0) is 21.5 Å². The molecule has 1 aliphatic rings. The maximum absolute atomic E-state index is 12.4. The van der Waals surface area contributed by atoms with Crippen LogP contribution in [0.1, 0.15) is 25.3 Å². The van der Waals surface area contributed by atoms with Crippen molar-refractivity contribution in [1.82, 2.24) is 13.9 Å². The summed E-state index contributed by atoms with van der Waals surface area (Å²) in [6.45, 7) is 3.60. The van der Waals surface area contributed by atoms with Gasteiger partial charge in [0, 0.05) is 33.7 Å². The lowest BCUT2D eigenvalue weighted by atomic mass is 9.99. The number of amides is 1. The molecule has 1 atom stereocenters. The molecule has 0 saturated carbocycles. The van der Waals surface area contributed by atoms with Crippen molar-refractivity contribution in [3.8, 4) is 5.75 Å². The molecule has 0 unspecified atom stereocenters. The van der Waals surface area contributed by atoms with Gasteiger partial charge in [0.05, 0.1) is 12.5 Å². The number of hydrogen-bond donors (Lipinski definition) is 1. The molecule has 1 aromatic rings. The SMILES string of the molecule is CCOc1cccc(CNC(=O)[C@H]2CCCN(S(=O)(=O)N(C)C)C2)c1. The van der Waals surface area contributed by atoms with E-state index in [0.717, 1.165) is 11.3 Å². The molecule has 0 spiro atoms. The van der Waals surface area contributed by atoms with Crippen LogP contribution in [-0.4, -0.2) is 56.7 Å². The summed E-state index contributed by atoms with van der Waals surface area (Å²) in [5.41, 5.74) is 0.952. The zero-order chi connectivity index (χ0) is 18.4. The minimum Gasteiger partial charge on any atom is -0.494 e. The van der Waals surface area contributed by atoms with E-state index in [1.807, 2.05) is 31.2 Å². The van der Waals surface area contributed by atoms with Gasteiger partial charge in [0.25, 0.3) is 10.2 Å².